The maximum absolute atomic E-state index is 3.61. The minimum absolute atomic E-state index is 0.511. The molecule has 2 rings (SSSR count). The summed E-state index contributed by atoms with van der Waals surface area (Å²) in [6.07, 6.45) is 5.47. The molecule has 1 aromatic carbocycles. The lowest BCUT2D eigenvalue weighted by Gasteiger charge is -2.26. The third-order valence-electron chi connectivity index (χ3n) is 4.00. The van der Waals surface area contributed by atoms with Gasteiger partial charge in [0, 0.05) is 11.8 Å². The van der Waals surface area contributed by atoms with E-state index in [1.54, 1.807) is 5.56 Å². The molecule has 1 N–H and O–H groups in total. The van der Waals surface area contributed by atoms with Crippen molar-refractivity contribution in [3.05, 3.63) is 35.4 Å². The molecule has 0 bridgehead atoms. The molecule has 0 spiro atoms. The first-order valence-corrected chi connectivity index (χ1v) is 8.91. The molecule has 0 aromatic heterocycles. The molecular weight excluding hydrogens is 250 g/mol. The van der Waals surface area contributed by atoms with Crippen molar-refractivity contribution in [2.75, 3.05) is 18.1 Å². The number of benzene rings is 1. The van der Waals surface area contributed by atoms with Crippen LogP contribution in [0.25, 0.3) is 0 Å². The van der Waals surface area contributed by atoms with Crippen molar-refractivity contribution in [2.45, 2.75) is 51.5 Å². The summed E-state index contributed by atoms with van der Waals surface area (Å²) >= 11 is 2.06. The van der Waals surface area contributed by atoms with Crippen LogP contribution in [0.2, 0.25) is 0 Å². The Bertz CT molecular complexity index is 356. The van der Waals surface area contributed by atoms with Gasteiger partial charge in [-0.2, -0.15) is 11.8 Å². The molecule has 1 fully saturated rings. The van der Waals surface area contributed by atoms with Crippen LogP contribution in [-0.2, 0) is 0 Å². The van der Waals surface area contributed by atoms with Gasteiger partial charge in [-0.05, 0) is 48.6 Å². The van der Waals surface area contributed by atoms with Crippen LogP contribution < -0.4 is 5.32 Å². The van der Waals surface area contributed by atoms with Gasteiger partial charge in [0.1, 0.15) is 0 Å². The van der Waals surface area contributed by atoms with Crippen molar-refractivity contribution in [1.82, 2.24) is 5.32 Å². The van der Waals surface area contributed by atoms with Gasteiger partial charge < -0.3 is 5.32 Å². The highest BCUT2D eigenvalue weighted by Crippen LogP contribution is 2.36. The number of nitrogens with one attached hydrogen (secondary N) is 1. The summed E-state index contributed by atoms with van der Waals surface area (Å²) in [5.41, 5.74) is 3.00. The normalized spacial score (nSPS) is 17.2. The van der Waals surface area contributed by atoms with Gasteiger partial charge in [0.25, 0.3) is 0 Å². The average molecular weight is 277 g/mol. The smallest absolute Gasteiger partial charge is 0.0411 e. The Kier molecular flexibility index (Phi) is 6.25. The minimum atomic E-state index is 0.511. The van der Waals surface area contributed by atoms with Crippen LogP contribution in [0, 0.1) is 0 Å². The summed E-state index contributed by atoms with van der Waals surface area (Å²) < 4.78 is 0. The van der Waals surface area contributed by atoms with Gasteiger partial charge in [0.2, 0.25) is 0 Å². The van der Waals surface area contributed by atoms with Crippen LogP contribution in [0.4, 0.5) is 0 Å². The van der Waals surface area contributed by atoms with E-state index in [4.69, 9.17) is 0 Å². The number of hydrogen-bond acceptors (Lipinski definition) is 2. The molecule has 1 saturated carbocycles. The van der Waals surface area contributed by atoms with E-state index in [0.29, 0.717) is 6.04 Å². The van der Waals surface area contributed by atoms with Crippen molar-refractivity contribution < 1.29 is 0 Å². The fourth-order valence-electron chi connectivity index (χ4n) is 2.61. The van der Waals surface area contributed by atoms with Gasteiger partial charge in [-0.3, -0.25) is 0 Å². The third-order valence-corrected chi connectivity index (χ3v) is 5.26. The second-order valence-corrected chi connectivity index (χ2v) is 6.63. The van der Waals surface area contributed by atoms with Crippen LogP contribution in [0.5, 0.6) is 0 Å². The largest absolute Gasteiger partial charge is 0.310 e. The van der Waals surface area contributed by atoms with E-state index in [-0.39, 0.29) is 0 Å². The highest BCUT2D eigenvalue weighted by atomic mass is 32.2. The zero-order valence-electron chi connectivity index (χ0n) is 12.3. The zero-order valence-corrected chi connectivity index (χ0v) is 13.1. The molecule has 1 aliphatic rings. The first kappa shape index (κ1) is 14.9. The lowest BCUT2D eigenvalue weighted by atomic mass is 9.80. The SMILES string of the molecule is CCCSCC(NCC)c1ccc(C2CCC2)cc1. The monoisotopic (exact) mass is 277 g/mol. The van der Waals surface area contributed by atoms with Crippen molar-refractivity contribution in [3.63, 3.8) is 0 Å². The maximum atomic E-state index is 3.61. The fourth-order valence-corrected chi connectivity index (χ4v) is 3.61. The van der Waals surface area contributed by atoms with Gasteiger partial charge in [-0.25, -0.2) is 0 Å². The Balaban J connectivity index is 1.95. The summed E-state index contributed by atoms with van der Waals surface area (Å²) in [7, 11) is 0. The summed E-state index contributed by atoms with van der Waals surface area (Å²) in [4.78, 5) is 0. The van der Waals surface area contributed by atoms with E-state index in [9.17, 15) is 0 Å². The Morgan fingerprint density at radius 1 is 1.21 bits per heavy atom. The van der Waals surface area contributed by atoms with Gasteiger partial charge in [0.05, 0.1) is 0 Å². The van der Waals surface area contributed by atoms with E-state index in [1.807, 2.05) is 0 Å². The molecule has 0 heterocycles. The molecule has 1 atom stereocenters. The van der Waals surface area contributed by atoms with Crippen LogP contribution in [0.3, 0.4) is 0 Å². The summed E-state index contributed by atoms with van der Waals surface area (Å²) in [6.45, 7) is 5.49. The Morgan fingerprint density at radius 2 is 1.95 bits per heavy atom. The summed E-state index contributed by atoms with van der Waals surface area (Å²) in [6, 6.07) is 9.90. The topological polar surface area (TPSA) is 12.0 Å². The van der Waals surface area contributed by atoms with E-state index in [0.717, 1.165) is 12.5 Å². The lowest BCUT2D eigenvalue weighted by Crippen LogP contribution is -2.23. The summed E-state index contributed by atoms with van der Waals surface area (Å²) in [5, 5.41) is 3.61. The predicted molar refractivity (Wildman–Crippen MR) is 87.1 cm³/mol. The molecule has 2 heteroatoms. The Labute approximate surface area is 122 Å². The molecule has 0 saturated heterocycles. The van der Waals surface area contributed by atoms with Crippen LogP contribution in [-0.4, -0.2) is 18.1 Å². The first-order valence-electron chi connectivity index (χ1n) is 7.76. The lowest BCUT2D eigenvalue weighted by molar-refractivity contribution is 0.419. The van der Waals surface area contributed by atoms with E-state index in [1.165, 1.54) is 42.8 Å². The van der Waals surface area contributed by atoms with E-state index in [2.05, 4.69) is 55.2 Å². The molecule has 106 valence electrons. The second kappa shape index (κ2) is 7.96. The molecule has 1 unspecified atom stereocenters. The highest BCUT2D eigenvalue weighted by Gasteiger charge is 2.19. The van der Waals surface area contributed by atoms with Gasteiger partial charge in [-0.1, -0.05) is 44.5 Å². The molecule has 0 aliphatic heterocycles. The molecule has 1 nitrogen and oxygen atoms in total. The van der Waals surface area contributed by atoms with Crippen molar-refractivity contribution in [2.24, 2.45) is 0 Å². The molecular formula is C17H27NS. The number of thioether (sulfide) groups is 1. The maximum Gasteiger partial charge on any atom is 0.0411 e. The van der Waals surface area contributed by atoms with Gasteiger partial charge in [-0.15, -0.1) is 0 Å². The number of hydrogen-bond donors (Lipinski definition) is 1. The Morgan fingerprint density at radius 3 is 2.47 bits per heavy atom. The number of rotatable bonds is 8. The summed E-state index contributed by atoms with van der Waals surface area (Å²) in [5.74, 6) is 3.30. The molecule has 1 aliphatic carbocycles. The predicted octanol–water partition coefficient (Wildman–Crippen LogP) is 4.75. The van der Waals surface area contributed by atoms with Gasteiger partial charge in [0.15, 0.2) is 0 Å². The molecule has 19 heavy (non-hydrogen) atoms. The standard InChI is InChI=1S/C17H27NS/c1-3-12-19-13-17(18-4-2)16-10-8-15(9-11-16)14-6-5-7-14/h8-11,14,17-18H,3-7,12-13H2,1-2H3. The van der Waals surface area contributed by atoms with Gasteiger partial charge >= 0.3 is 0 Å². The van der Waals surface area contributed by atoms with Crippen molar-refractivity contribution in [1.29, 1.82) is 0 Å². The zero-order chi connectivity index (χ0) is 13.5. The van der Waals surface area contributed by atoms with Crippen molar-refractivity contribution >= 4 is 11.8 Å². The molecule has 0 radical (unpaired) electrons. The van der Waals surface area contributed by atoms with E-state index >= 15 is 0 Å². The highest BCUT2D eigenvalue weighted by molar-refractivity contribution is 7.99. The third kappa shape index (κ3) is 4.25. The molecule has 0 amide bonds. The van der Waals surface area contributed by atoms with Crippen LogP contribution in [0.15, 0.2) is 24.3 Å². The Hall–Kier alpha value is -0.470. The van der Waals surface area contributed by atoms with E-state index < -0.39 is 0 Å². The van der Waals surface area contributed by atoms with Crippen LogP contribution in [0.1, 0.15) is 62.6 Å². The fraction of sp³-hybridized carbons (Fsp3) is 0.647. The minimum Gasteiger partial charge on any atom is -0.310 e. The quantitative estimate of drug-likeness (QED) is 0.688. The molecule has 1 aromatic rings. The first-order chi connectivity index (χ1) is 9.35. The van der Waals surface area contributed by atoms with Crippen molar-refractivity contribution in [3.8, 4) is 0 Å². The van der Waals surface area contributed by atoms with Crippen LogP contribution >= 0.6 is 11.8 Å². The average Bonchev–Trinajstić information content (AvgIpc) is 2.37. The second-order valence-electron chi connectivity index (χ2n) is 5.48.